The Hall–Kier alpha value is -3.89. The van der Waals surface area contributed by atoms with E-state index in [0.717, 1.165) is 5.56 Å². The van der Waals surface area contributed by atoms with E-state index in [9.17, 15) is 22.8 Å². The number of nitrogens with zero attached hydrogens (tertiary/aromatic N) is 2. The van der Waals surface area contributed by atoms with Gasteiger partial charge in [-0.2, -0.15) is 13.2 Å². The molecule has 1 aliphatic rings. The first-order valence-electron chi connectivity index (χ1n) is 10.4. The second kappa shape index (κ2) is 10.4. The summed E-state index contributed by atoms with van der Waals surface area (Å²) in [5.74, 6) is -1.82. The summed E-state index contributed by atoms with van der Waals surface area (Å²) in [7, 11) is 1.62. The number of carbonyl (C=O) groups excluding carboxylic acids is 1. The van der Waals surface area contributed by atoms with E-state index < -0.39 is 29.5 Å². The lowest BCUT2D eigenvalue weighted by Gasteiger charge is -2.34. The highest BCUT2D eigenvalue weighted by molar-refractivity contribution is 5.84. The number of amides is 1. The second-order valence-corrected chi connectivity index (χ2v) is 7.99. The molecule has 1 aliphatic carbocycles. The Labute approximate surface area is 194 Å². The third-order valence-corrected chi connectivity index (χ3v) is 5.48. The van der Waals surface area contributed by atoms with Crippen LogP contribution in [0.5, 0.6) is 0 Å². The molecule has 1 aromatic carbocycles. The van der Waals surface area contributed by atoms with Crippen LogP contribution < -0.4 is 10.6 Å². The third kappa shape index (κ3) is 6.12. The molecule has 0 saturated heterocycles. The molecule has 1 aromatic heterocycles. The maximum atomic E-state index is 13.6. The number of carboxylic acids is 1. The summed E-state index contributed by atoms with van der Waals surface area (Å²) in [6, 6.07) is 10.9. The van der Waals surface area contributed by atoms with Gasteiger partial charge in [-0.15, -0.1) is 0 Å². The fourth-order valence-corrected chi connectivity index (χ4v) is 3.56. The number of aromatic nitrogens is 1. The number of nitrogens with one attached hydrogen (secondary N) is 3. The van der Waals surface area contributed by atoms with Gasteiger partial charge in [0, 0.05) is 37.6 Å². The molecule has 1 fully saturated rings. The van der Waals surface area contributed by atoms with Crippen LogP contribution >= 0.6 is 0 Å². The number of rotatable bonds is 9. The predicted molar refractivity (Wildman–Crippen MR) is 120 cm³/mol. The van der Waals surface area contributed by atoms with Crippen LogP contribution in [-0.4, -0.2) is 46.3 Å². The Balaban J connectivity index is 1.67. The standard InChI is InChI=1S/C23H24F3N5O3/c1-31(21(32)15-10-16(11-15)22(33)34)13-14-5-7-17(8-6-14)29-18(12-27)20(23(24,25)26)30-19-4-2-3-9-28-19/h2-9,12,15-16,27,29H,10-11,13H2,1H3,(H,28,30)(H,33,34)/b20-18+,27-12?/t15-,16-. The van der Waals surface area contributed by atoms with Gasteiger partial charge in [-0.1, -0.05) is 18.2 Å². The number of carboxylic acid groups (broad SMARTS) is 1. The molecule has 0 atom stereocenters. The summed E-state index contributed by atoms with van der Waals surface area (Å²) < 4.78 is 40.9. The number of pyridine rings is 1. The van der Waals surface area contributed by atoms with Crippen molar-refractivity contribution in [3.63, 3.8) is 0 Å². The van der Waals surface area contributed by atoms with Crippen LogP contribution in [0.2, 0.25) is 0 Å². The fourth-order valence-electron chi connectivity index (χ4n) is 3.56. The van der Waals surface area contributed by atoms with E-state index in [-0.39, 0.29) is 24.2 Å². The Morgan fingerprint density at radius 1 is 1.15 bits per heavy atom. The Morgan fingerprint density at radius 2 is 1.82 bits per heavy atom. The zero-order chi connectivity index (χ0) is 24.9. The van der Waals surface area contributed by atoms with Crippen LogP contribution in [0.4, 0.5) is 24.7 Å². The first-order valence-corrected chi connectivity index (χ1v) is 10.4. The minimum Gasteiger partial charge on any atom is -0.481 e. The average molecular weight is 475 g/mol. The van der Waals surface area contributed by atoms with E-state index in [1.165, 1.54) is 23.2 Å². The first-order chi connectivity index (χ1) is 16.1. The number of hydrogen-bond donors (Lipinski definition) is 4. The monoisotopic (exact) mass is 475 g/mol. The molecule has 0 spiro atoms. The molecule has 3 rings (SSSR count). The molecule has 1 amide bonds. The van der Waals surface area contributed by atoms with Gasteiger partial charge in [0.25, 0.3) is 0 Å². The van der Waals surface area contributed by atoms with Crippen LogP contribution in [0.1, 0.15) is 18.4 Å². The van der Waals surface area contributed by atoms with Crippen molar-refractivity contribution in [1.82, 2.24) is 9.88 Å². The highest BCUT2D eigenvalue weighted by Crippen LogP contribution is 2.35. The van der Waals surface area contributed by atoms with Crippen molar-refractivity contribution >= 4 is 29.6 Å². The molecule has 0 unspecified atom stereocenters. The normalized spacial score (nSPS) is 18.2. The number of anilines is 2. The summed E-state index contributed by atoms with van der Waals surface area (Å²) in [6.45, 7) is 0.273. The maximum absolute atomic E-state index is 13.6. The van der Waals surface area contributed by atoms with Gasteiger partial charge < -0.3 is 26.0 Å². The molecular formula is C23H24F3N5O3. The zero-order valence-electron chi connectivity index (χ0n) is 18.3. The van der Waals surface area contributed by atoms with E-state index in [4.69, 9.17) is 10.5 Å². The van der Waals surface area contributed by atoms with Gasteiger partial charge in [0.2, 0.25) is 5.91 Å². The molecule has 1 saturated carbocycles. The van der Waals surface area contributed by atoms with Crippen molar-refractivity contribution in [3.8, 4) is 0 Å². The molecule has 11 heteroatoms. The molecular weight excluding hydrogens is 451 g/mol. The third-order valence-electron chi connectivity index (χ3n) is 5.48. The number of alkyl halides is 3. The van der Waals surface area contributed by atoms with Crippen molar-refractivity contribution in [1.29, 1.82) is 5.41 Å². The SMILES string of the molecule is CN(Cc1ccc(N/C(C=N)=C(/Nc2ccccn2)C(F)(F)F)cc1)C(=O)[C@H]1C[C@H](C(=O)O)C1. The van der Waals surface area contributed by atoms with Crippen LogP contribution in [0.25, 0.3) is 0 Å². The quantitative estimate of drug-likeness (QED) is 0.406. The number of aliphatic carboxylic acids is 1. The average Bonchev–Trinajstić information content (AvgIpc) is 2.76. The van der Waals surface area contributed by atoms with Crippen molar-refractivity contribution in [2.75, 3.05) is 17.7 Å². The van der Waals surface area contributed by atoms with Gasteiger partial charge in [0.1, 0.15) is 11.5 Å². The molecule has 2 aromatic rings. The van der Waals surface area contributed by atoms with Gasteiger partial charge >= 0.3 is 12.1 Å². The van der Waals surface area contributed by atoms with E-state index in [2.05, 4.69) is 15.6 Å². The van der Waals surface area contributed by atoms with Crippen LogP contribution in [0.3, 0.4) is 0 Å². The van der Waals surface area contributed by atoms with Gasteiger partial charge in [0.15, 0.2) is 0 Å². The van der Waals surface area contributed by atoms with Gasteiger partial charge in [-0.3, -0.25) is 9.59 Å². The number of benzene rings is 1. The van der Waals surface area contributed by atoms with E-state index in [1.54, 1.807) is 37.4 Å². The summed E-state index contributed by atoms with van der Waals surface area (Å²) in [4.78, 5) is 28.7. The molecule has 1 heterocycles. The fraction of sp³-hybridized carbons (Fsp3) is 0.304. The van der Waals surface area contributed by atoms with Gasteiger partial charge in [-0.25, -0.2) is 4.98 Å². The molecule has 180 valence electrons. The number of carbonyl (C=O) groups is 2. The lowest BCUT2D eigenvalue weighted by molar-refractivity contribution is -0.151. The summed E-state index contributed by atoms with van der Waals surface area (Å²) in [5.41, 5.74) is -0.574. The van der Waals surface area contributed by atoms with Crippen LogP contribution in [0, 0.1) is 17.2 Å². The maximum Gasteiger partial charge on any atom is 0.433 e. The van der Waals surface area contributed by atoms with E-state index >= 15 is 0 Å². The molecule has 0 bridgehead atoms. The first kappa shape index (κ1) is 24.7. The number of allylic oxidation sites excluding steroid dienone is 2. The summed E-state index contributed by atoms with van der Waals surface area (Å²) >= 11 is 0. The topological polar surface area (TPSA) is 118 Å². The predicted octanol–water partition coefficient (Wildman–Crippen LogP) is 4.10. The van der Waals surface area contributed by atoms with E-state index in [0.29, 0.717) is 24.7 Å². The number of halogens is 3. The smallest absolute Gasteiger partial charge is 0.433 e. The minimum atomic E-state index is -4.76. The van der Waals surface area contributed by atoms with Crippen LogP contribution in [-0.2, 0) is 16.1 Å². The largest absolute Gasteiger partial charge is 0.481 e. The zero-order valence-corrected chi connectivity index (χ0v) is 18.3. The highest BCUT2D eigenvalue weighted by atomic mass is 19.4. The number of hydrogen-bond acceptors (Lipinski definition) is 6. The second-order valence-electron chi connectivity index (χ2n) is 7.99. The van der Waals surface area contributed by atoms with Crippen molar-refractivity contribution in [2.24, 2.45) is 11.8 Å². The minimum absolute atomic E-state index is 0.0137. The highest BCUT2D eigenvalue weighted by Gasteiger charge is 2.40. The molecule has 8 nitrogen and oxygen atoms in total. The Bertz CT molecular complexity index is 1070. The van der Waals surface area contributed by atoms with Crippen molar-refractivity contribution in [2.45, 2.75) is 25.6 Å². The van der Waals surface area contributed by atoms with Crippen molar-refractivity contribution < 1.29 is 27.9 Å². The lowest BCUT2D eigenvalue weighted by atomic mass is 9.74. The Morgan fingerprint density at radius 3 is 2.35 bits per heavy atom. The molecule has 4 N–H and O–H groups in total. The summed E-state index contributed by atoms with van der Waals surface area (Å²) in [5, 5.41) is 21.3. The van der Waals surface area contributed by atoms with Gasteiger partial charge in [0.05, 0.1) is 11.6 Å². The lowest BCUT2D eigenvalue weighted by Crippen LogP contribution is -2.41. The molecule has 34 heavy (non-hydrogen) atoms. The Kier molecular flexibility index (Phi) is 7.54. The summed E-state index contributed by atoms with van der Waals surface area (Å²) in [6.07, 6.45) is -2.18. The van der Waals surface area contributed by atoms with Crippen LogP contribution in [0.15, 0.2) is 60.1 Å². The van der Waals surface area contributed by atoms with Crippen molar-refractivity contribution in [3.05, 3.63) is 65.6 Å². The van der Waals surface area contributed by atoms with Gasteiger partial charge in [-0.05, 0) is 42.7 Å². The molecule has 0 aliphatic heterocycles. The van der Waals surface area contributed by atoms with E-state index in [1.807, 2.05) is 0 Å². The molecule has 0 radical (unpaired) electrons.